The zero-order chi connectivity index (χ0) is 12.2. The Labute approximate surface area is 97.7 Å². The molecular weight excluding hydrogens is 206 g/mol. The number of hydrogen-bond donors (Lipinski definition) is 1. The van der Waals surface area contributed by atoms with Gasteiger partial charge >= 0.3 is 5.97 Å². The molecule has 0 radical (unpaired) electrons. The minimum Gasteiger partial charge on any atom is -0.459 e. The molecule has 1 fully saturated rings. The molecule has 0 amide bonds. The quantitative estimate of drug-likeness (QED) is 0.742. The normalized spacial score (nSPS) is 25.8. The van der Waals surface area contributed by atoms with E-state index in [9.17, 15) is 4.79 Å². The lowest BCUT2D eigenvalue weighted by Gasteiger charge is -2.31. The summed E-state index contributed by atoms with van der Waals surface area (Å²) >= 11 is 0. The number of rotatable bonds is 4. The number of ether oxygens (including phenoxy) is 2. The van der Waals surface area contributed by atoms with Crippen molar-refractivity contribution in [2.45, 2.75) is 51.7 Å². The average molecular weight is 229 g/mol. The van der Waals surface area contributed by atoms with E-state index < -0.39 is 11.1 Å². The Morgan fingerprint density at radius 1 is 1.44 bits per heavy atom. The summed E-state index contributed by atoms with van der Waals surface area (Å²) in [5.74, 6) is -0.189. The van der Waals surface area contributed by atoms with Crippen LogP contribution < -0.4 is 5.32 Å². The van der Waals surface area contributed by atoms with E-state index in [4.69, 9.17) is 9.47 Å². The maximum atomic E-state index is 12.1. The minimum absolute atomic E-state index is 0.189. The number of carbonyl (C=O) groups excluding carboxylic acids is 1. The maximum Gasteiger partial charge on any atom is 0.329 e. The number of hydrogen-bond acceptors (Lipinski definition) is 4. The zero-order valence-corrected chi connectivity index (χ0v) is 10.8. The molecular formula is C12H23NO3. The lowest BCUT2D eigenvalue weighted by atomic mass is 9.98. The van der Waals surface area contributed by atoms with Gasteiger partial charge in [-0.1, -0.05) is 0 Å². The maximum absolute atomic E-state index is 12.1. The van der Waals surface area contributed by atoms with Gasteiger partial charge in [0.25, 0.3) is 0 Å². The van der Waals surface area contributed by atoms with Crippen LogP contribution in [0.2, 0.25) is 0 Å². The summed E-state index contributed by atoms with van der Waals surface area (Å²) in [6.07, 6.45) is 1.79. The SMILES string of the molecule is CCOC[C@]1(C(=O)OC(C)(C)C)CCCN1. The molecule has 1 aliphatic heterocycles. The Morgan fingerprint density at radius 3 is 2.56 bits per heavy atom. The van der Waals surface area contributed by atoms with Gasteiger partial charge in [-0.15, -0.1) is 0 Å². The summed E-state index contributed by atoms with van der Waals surface area (Å²) in [5, 5.41) is 3.23. The van der Waals surface area contributed by atoms with Crippen LogP contribution in [0.25, 0.3) is 0 Å². The fourth-order valence-corrected chi connectivity index (χ4v) is 1.81. The van der Waals surface area contributed by atoms with E-state index in [1.807, 2.05) is 27.7 Å². The first-order valence-corrected chi connectivity index (χ1v) is 5.96. The molecule has 0 aromatic carbocycles. The van der Waals surface area contributed by atoms with Crippen molar-refractivity contribution in [3.8, 4) is 0 Å². The Hall–Kier alpha value is -0.610. The summed E-state index contributed by atoms with van der Waals surface area (Å²) in [7, 11) is 0. The van der Waals surface area contributed by atoms with Crippen LogP contribution in [0.4, 0.5) is 0 Å². The first kappa shape index (κ1) is 13.5. The molecule has 1 saturated heterocycles. The Balaban J connectivity index is 2.65. The van der Waals surface area contributed by atoms with E-state index in [2.05, 4.69) is 5.32 Å². The van der Waals surface area contributed by atoms with Crippen molar-refractivity contribution in [1.82, 2.24) is 5.32 Å². The van der Waals surface area contributed by atoms with E-state index in [0.717, 1.165) is 19.4 Å². The molecule has 1 rings (SSSR count). The number of esters is 1. The molecule has 0 aromatic rings. The van der Waals surface area contributed by atoms with Crippen LogP contribution in [0.5, 0.6) is 0 Å². The summed E-state index contributed by atoms with van der Waals surface area (Å²) in [5.41, 5.74) is -1.07. The molecule has 0 spiro atoms. The van der Waals surface area contributed by atoms with Crippen molar-refractivity contribution in [2.75, 3.05) is 19.8 Å². The van der Waals surface area contributed by atoms with Crippen LogP contribution in [0, 0.1) is 0 Å². The van der Waals surface area contributed by atoms with Crippen molar-refractivity contribution in [3.05, 3.63) is 0 Å². The highest BCUT2D eigenvalue weighted by atomic mass is 16.6. The molecule has 1 aliphatic rings. The second kappa shape index (κ2) is 5.15. The topological polar surface area (TPSA) is 47.6 Å². The first-order chi connectivity index (χ1) is 7.40. The number of nitrogens with one attached hydrogen (secondary N) is 1. The first-order valence-electron chi connectivity index (χ1n) is 5.96. The van der Waals surface area contributed by atoms with E-state index in [1.165, 1.54) is 0 Å². The standard InChI is InChI=1S/C12H23NO3/c1-5-15-9-12(7-6-8-13-12)10(14)16-11(2,3)4/h13H,5-9H2,1-4H3/t12-/m0/s1. The zero-order valence-electron chi connectivity index (χ0n) is 10.8. The van der Waals surface area contributed by atoms with E-state index in [-0.39, 0.29) is 5.97 Å². The highest BCUT2D eigenvalue weighted by Gasteiger charge is 2.44. The van der Waals surface area contributed by atoms with Crippen molar-refractivity contribution in [2.24, 2.45) is 0 Å². The van der Waals surface area contributed by atoms with Gasteiger partial charge in [0.05, 0.1) is 6.61 Å². The third-order valence-electron chi connectivity index (χ3n) is 2.59. The second-order valence-electron chi connectivity index (χ2n) is 5.25. The van der Waals surface area contributed by atoms with Crippen LogP contribution in [0.3, 0.4) is 0 Å². The monoisotopic (exact) mass is 229 g/mol. The van der Waals surface area contributed by atoms with Crippen molar-refractivity contribution >= 4 is 5.97 Å². The molecule has 4 heteroatoms. The van der Waals surface area contributed by atoms with E-state index >= 15 is 0 Å². The summed E-state index contributed by atoms with van der Waals surface area (Å²) in [6.45, 7) is 9.45. The Bertz CT molecular complexity index is 239. The summed E-state index contributed by atoms with van der Waals surface area (Å²) in [4.78, 5) is 12.1. The van der Waals surface area contributed by atoms with Gasteiger partial charge in [-0.2, -0.15) is 0 Å². The molecule has 0 saturated carbocycles. The molecule has 0 bridgehead atoms. The van der Waals surface area contributed by atoms with Crippen molar-refractivity contribution in [3.63, 3.8) is 0 Å². The van der Waals surface area contributed by atoms with Gasteiger partial charge < -0.3 is 9.47 Å². The van der Waals surface area contributed by atoms with E-state index in [0.29, 0.717) is 13.2 Å². The predicted octanol–water partition coefficient (Wildman–Crippen LogP) is 1.49. The Kier molecular flexibility index (Phi) is 4.33. The molecule has 1 N–H and O–H groups in total. The second-order valence-corrected chi connectivity index (χ2v) is 5.25. The van der Waals surface area contributed by atoms with Crippen molar-refractivity contribution in [1.29, 1.82) is 0 Å². The van der Waals surface area contributed by atoms with E-state index in [1.54, 1.807) is 0 Å². The molecule has 0 aromatic heterocycles. The number of carbonyl (C=O) groups is 1. The largest absolute Gasteiger partial charge is 0.459 e. The van der Waals surface area contributed by atoms with Gasteiger partial charge in [-0.25, -0.2) is 4.79 Å². The third-order valence-corrected chi connectivity index (χ3v) is 2.59. The minimum atomic E-state index is -0.622. The van der Waals surface area contributed by atoms with Gasteiger partial charge in [0, 0.05) is 6.61 Å². The average Bonchev–Trinajstić information content (AvgIpc) is 2.61. The van der Waals surface area contributed by atoms with Crippen LogP contribution in [0.15, 0.2) is 0 Å². The third kappa shape index (κ3) is 3.46. The van der Waals surface area contributed by atoms with Gasteiger partial charge in [-0.05, 0) is 47.1 Å². The molecule has 16 heavy (non-hydrogen) atoms. The van der Waals surface area contributed by atoms with Crippen LogP contribution in [0.1, 0.15) is 40.5 Å². The van der Waals surface area contributed by atoms with Crippen LogP contribution in [-0.4, -0.2) is 36.9 Å². The smallest absolute Gasteiger partial charge is 0.329 e. The highest BCUT2D eigenvalue weighted by Crippen LogP contribution is 2.24. The lowest BCUT2D eigenvalue weighted by molar-refractivity contribution is -0.165. The summed E-state index contributed by atoms with van der Waals surface area (Å²) in [6, 6.07) is 0. The Morgan fingerprint density at radius 2 is 2.12 bits per heavy atom. The molecule has 0 aliphatic carbocycles. The molecule has 94 valence electrons. The van der Waals surface area contributed by atoms with Gasteiger partial charge in [0.1, 0.15) is 11.1 Å². The fraction of sp³-hybridized carbons (Fsp3) is 0.917. The summed E-state index contributed by atoms with van der Waals surface area (Å²) < 4.78 is 10.8. The molecule has 1 heterocycles. The molecule has 4 nitrogen and oxygen atoms in total. The highest BCUT2D eigenvalue weighted by molar-refractivity contribution is 5.81. The van der Waals surface area contributed by atoms with Crippen molar-refractivity contribution < 1.29 is 14.3 Å². The predicted molar refractivity (Wildman–Crippen MR) is 62.3 cm³/mol. The fourth-order valence-electron chi connectivity index (χ4n) is 1.81. The van der Waals surface area contributed by atoms with Crippen LogP contribution in [-0.2, 0) is 14.3 Å². The van der Waals surface area contributed by atoms with Gasteiger partial charge in [-0.3, -0.25) is 5.32 Å². The van der Waals surface area contributed by atoms with Gasteiger partial charge in [0.2, 0.25) is 0 Å². The molecule has 1 atom stereocenters. The van der Waals surface area contributed by atoms with Gasteiger partial charge in [0.15, 0.2) is 0 Å². The lowest BCUT2D eigenvalue weighted by Crippen LogP contribution is -2.54. The molecule has 0 unspecified atom stereocenters. The van der Waals surface area contributed by atoms with Crippen LogP contribution >= 0.6 is 0 Å².